The van der Waals surface area contributed by atoms with Crippen molar-refractivity contribution in [2.24, 2.45) is 5.92 Å². The summed E-state index contributed by atoms with van der Waals surface area (Å²) in [6.45, 7) is 4.01. The highest BCUT2D eigenvalue weighted by Crippen LogP contribution is 2.41. The second-order valence-corrected chi connectivity index (χ2v) is 7.20. The first kappa shape index (κ1) is 16.3. The van der Waals surface area contributed by atoms with Gasteiger partial charge in [-0.2, -0.15) is 0 Å². The summed E-state index contributed by atoms with van der Waals surface area (Å²) in [6.07, 6.45) is -0.469. The van der Waals surface area contributed by atoms with Gasteiger partial charge in [0.05, 0.1) is 0 Å². The van der Waals surface area contributed by atoms with E-state index in [0.29, 0.717) is 0 Å². The van der Waals surface area contributed by atoms with Crippen LogP contribution in [0.1, 0.15) is 20.3 Å². The Hall–Kier alpha value is 0.260. The summed E-state index contributed by atoms with van der Waals surface area (Å²) in [5, 5.41) is 0. The second-order valence-electron chi connectivity index (χ2n) is 3.98. The van der Waals surface area contributed by atoms with E-state index in [4.69, 9.17) is 19.6 Å². The van der Waals surface area contributed by atoms with Crippen molar-refractivity contribution in [2.75, 3.05) is 19.1 Å². The Bertz CT molecular complexity index is 273. The van der Waals surface area contributed by atoms with Crippen molar-refractivity contribution in [3.8, 4) is 0 Å². The molecule has 0 aliphatic carbocycles. The molecule has 0 radical (unpaired) electrons. The van der Waals surface area contributed by atoms with Crippen LogP contribution in [0.5, 0.6) is 0 Å². The van der Waals surface area contributed by atoms with Crippen molar-refractivity contribution < 1.29 is 28.7 Å². The van der Waals surface area contributed by atoms with Gasteiger partial charge in [0.25, 0.3) is 0 Å². The second kappa shape index (κ2) is 6.26. The quantitative estimate of drug-likeness (QED) is 0.502. The van der Waals surface area contributed by atoms with E-state index in [1.54, 1.807) is 0 Å². The summed E-state index contributed by atoms with van der Waals surface area (Å²) in [5.74, 6) is 0.123. The molecule has 7 nitrogen and oxygen atoms in total. The molecular formula is C7H19NO6P2. The fraction of sp³-hybridized carbons (Fsp3) is 1.00. The van der Waals surface area contributed by atoms with Crippen LogP contribution in [0.2, 0.25) is 0 Å². The average molecular weight is 275 g/mol. The topological polar surface area (TPSA) is 118 Å². The SMILES string of the molecule is CCC(C)CN(CP(=O)(O)O)CP(=O)(O)O. The van der Waals surface area contributed by atoms with Crippen molar-refractivity contribution in [1.29, 1.82) is 0 Å². The van der Waals surface area contributed by atoms with E-state index in [0.717, 1.165) is 11.3 Å². The van der Waals surface area contributed by atoms with E-state index in [1.807, 2.05) is 13.8 Å². The molecule has 0 aliphatic heterocycles. The minimum atomic E-state index is -4.29. The minimum absolute atomic E-state index is 0.123. The molecule has 0 bridgehead atoms. The maximum atomic E-state index is 10.8. The molecule has 9 heteroatoms. The third-order valence-electron chi connectivity index (χ3n) is 2.04. The van der Waals surface area contributed by atoms with Crippen molar-refractivity contribution >= 4 is 15.2 Å². The Kier molecular flexibility index (Phi) is 6.36. The summed E-state index contributed by atoms with van der Waals surface area (Å²) in [6, 6.07) is 0. The molecule has 0 aliphatic rings. The van der Waals surface area contributed by atoms with Gasteiger partial charge in [-0.25, -0.2) is 0 Å². The summed E-state index contributed by atoms with van der Waals surface area (Å²) in [7, 11) is -8.58. The van der Waals surface area contributed by atoms with Gasteiger partial charge >= 0.3 is 15.2 Å². The summed E-state index contributed by atoms with van der Waals surface area (Å²) in [4.78, 5) is 36.3. The van der Waals surface area contributed by atoms with Crippen LogP contribution in [0.25, 0.3) is 0 Å². The molecule has 16 heavy (non-hydrogen) atoms. The largest absolute Gasteiger partial charge is 0.339 e. The van der Waals surface area contributed by atoms with Crippen LogP contribution in [0.15, 0.2) is 0 Å². The van der Waals surface area contributed by atoms with Crippen LogP contribution < -0.4 is 0 Å². The molecule has 98 valence electrons. The molecule has 0 aromatic heterocycles. The highest BCUT2D eigenvalue weighted by molar-refractivity contribution is 7.52. The lowest BCUT2D eigenvalue weighted by molar-refractivity contribution is 0.250. The van der Waals surface area contributed by atoms with Crippen molar-refractivity contribution in [3.05, 3.63) is 0 Å². The lowest BCUT2D eigenvalue weighted by Gasteiger charge is -2.25. The predicted molar refractivity (Wildman–Crippen MR) is 60.0 cm³/mol. The first-order chi connectivity index (χ1) is 7.03. The monoisotopic (exact) mass is 275 g/mol. The molecule has 1 unspecified atom stereocenters. The normalized spacial score (nSPS) is 15.4. The van der Waals surface area contributed by atoms with Gasteiger partial charge in [-0.1, -0.05) is 20.3 Å². The first-order valence-corrected chi connectivity index (χ1v) is 8.44. The predicted octanol–water partition coefficient (Wildman–Crippen LogP) is 0.605. The summed E-state index contributed by atoms with van der Waals surface area (Å²) >= 11 is 0. The fourth-order valence-electron chi connectivity index (χ4n) is 1.25. The van der Waals surface area contributed by atoms with Crippen LogP contribution >= 0.6 is 15.2 Å². The van der Waals surface area contributed by atoms with Gasteiger partial charge in [-0.15, -0.1) is 0 Å². The number of hydrogen-bond donors (Lipinski definition) is 4. The number of nitrogens with zero attached hydrogens (tertiary/aromatic N) is 1. The fourth-order valence-corrected chi connectivity index (χ4v) is 2.88. The van der Waals surface area contributed by atoms with Crippen molar-refractivity contribution in [2.45, 2.75) is 20.3 Å². The van der Waals surface area contributed by atoms with Gasteiger partial charge in [0.15, 0.2) is 0 Å². The molecule has 0 saturated heterocycles. The van der Waals surface area contributed by atoms with Gasteiger partial charge in [-0.3, -0.25) is 14.0 Å². The molecule has 0 aromatic carbocycles. The Balaban J connectivity index is 4.51. The van der Waals surface area contributed by atoms with Gasteiger partial charge in [0.1, 0.15) is 12.6 Å². The molecule has 1 atom stereocenters. The number of hydrogen-bond acceptors (Lipinski definition) is 3. The molecular weight excluding hydrogens is 256 g/mol. The Morgan fingerprint density at radius 1 is 1.06 bits per heavy atom. The van der Waals surface area contributed by atoms with Crippen LogP contribution in [0, 0.1) is 5.92 Å². The zero-order valence-electron chi connectivity index (χ0n) is 9.35. The van der Waals surface area contributed by atoms with Crippen LogP contribution in [-0.4, -0.2) is 43.6 Å². The Labute approximate surface area is 94.8 Å². The van der Waals surface area contributed by atoms with Gasteiger partial charge in [-0.05, 0) is 5.92 Å². The smallest absolute Gasteiger partial charge is 0.324 e. The summed E-state index contributed by atoms with van der Waals surface area (Å²) < 4.78 is 21.6. The van der Waals surface area contributed by atoms with Crippen molar-refractivity contribution in [1.82, 2.24) is 4.90 Å². The van der Waals surface area contributed by atoms with E-state index in [1.165, 1.54) is 0 Å². The van der Waals surface area contributed by atoms with E-state index in [2.05, 4.69) is 0 Å². The van der Waals surface area contributed by atoms with Crippen molar-refractivity contribution in [3.63, 3.8) is 0 Å². The highest BCUT2D eigenvalue weighted by Gasteiger charge is 2.26. The Morgan fingerprint density at radius 2 is 1.44 bits per heavy atom. The van der Waals surface area contributed by atoms with E-state index in [-0.39, 0.29) is 12.5 Å². The molecule has 0 amide bonds. The number of rotatable bonds is 7. The maximum absolute atomic E-state index is 10.8. The maximum Gasteiger partial charge on any atom is 0.339 e. The lowest BCUT2D eigenvalue weighted by Crippen LogP contribution is -2.30. The van der Waals surface area contributed by atoms with Gasteiger partial charge < -0.3 is 19.6 Å². The zero-order valence-corrected chi connectivity index (χ0v) is 11.1. The molecule has 0 fully saturated rings. The molecule has 0 rings (SSSR count). The molecule has 4 N–H and O–H groups in total. The standard InChI is InChI=1S/C7H19NO6P2/c1-3-7(2)4-8(5-15(9,10)11)6-16(12,13)14/h7H,3-6H2,1-2H3,(H2,9,10,11)(H2,12,13,14). The van der Waals surface area contributed by atoms with Gasteiger partial charge in [0, 0.05) is 6.54 Å². The summed E-state index contributed by atoms with van der Waals surface area (Å²) in [5.41, 5.74) is 0. The minimum Gasteiger partial charge on any atom is -0.324 e. The Morgan fingerprint density at radius 3 is 1.69 bits per heavy atom. The average Bonchev–Trinajstić information content (AvgIpc) is 1.97. The third-order valence-corrected chi connectivity index (χ3v) is 3.57. The third kappa shape index (κ3) is 9.48. The molecule has 0 aromatic rings. The molecule has 0 saturated carbocycles. The van der Waals surface area contributed by atoms with Gasteiger partial charge in [0.2, 0.25) is 0 Å². The zero-order chi connectivity index (χ0) is 13.0. The van der Waals surface area contributed by atoms with Crippen LogP contribution in [0.4, 0.5) is 0 Å². The van der Waals surface area contributed by atoms with Crippen LogP contribution in [-0.2, 0) is 9.13 Å². The first-order valence-electron chi connectivity index (χ1n) is 4.85. The van der Waals surface area contributed by atoms with E-state index >= 15 is 0 Å². The molecule has 0 spiro atoms. The lowest BCUT2D eigenvalue weighted by atomic mass is 10.1. The van der Waals surface area contributed by atoms with E-state index < -0.39 is 27.8 Å². The van der Waals surface area contributed by atoms with Crippen LogP contribution in [0.3, 0.4) is 0 Å². The molecule has 0 heterocycles. The van der Waals surface area contributed by atoms with E-state index in [9.17, 15) is 9.13 Å². The highest BCUT2D eigenvalue weighted by atomic mass is 31.2.